The molecule has 0 unspecified atom stereocenters. The number of carbonyl (C=O) groups excluding carboxylic acids is 1. The van der Waals surface area contributed by atoms with Crippen LogP contribution < -0.4 is 10.2 Å². The highest BCUT2D eigenvalue weighted by Crippen LogP contribution is 2.40. The molecule has 1 aliphatic heterocycles. The molecule has 4 nitrogen and oxygen atoms in total. The van der Waals surface area contributed by atoms with Gasteiger partial charge in [-0.25, -0.2) is 0 Å². The molecule has 2 heterocycles. The Morgan fingerprint density at radius 2 is 2.09 bits per heavy atom. The molecule has 6 heteroatoms. The van der Waals surface area contributed by atoms with Gasteiger partial charge in [-0.2, -0.15) is 0 Å². The van der Waals surface area contributed by atoms with E-state index >= 15 is 0 Å². The molecule has 0 bridgehead atoms. The van der Waals surface area contributed by atoms with Gasteiger partial charge in [0.2, 0.25) is 0 Å². The van der Waals surface area contributed by atoms with Crippen molar-refractivity contribution in [3.05, 3.63) is 41.3 Å². The van der Waals surface area contributed by atoms with Crippen LogP contribution >= 0.6 is 23.1 Å². The summed E-state index contributed by atoms with van der Waals surface area (Å²) in [6.07, 6.45) is 0. The lowest BCUT2D eigenvalue weighted by Gasteiger charge is -2.29. The molecule has 0 atom stereocenters. The second-order valence-corrected chi connectivity index (χ2v) is 7.86. The fraction of sp³-hybridized carbons (Fsp3) is 0.353. The van der Waals surface area contributed by atoms with Crippen molar-refractivity contribution in [1.82, 2.24) is 10.2 Å². The number of nitrogens with zero attached hydrogens (tertiary/aromatic N) is 2. The molecule has 1 N–H and O–H groups in total. The maximum atomic E-state index is 12.2. The second kappa shape index (κ2) is 7.38. The minimum Gasteiger partial charge on any atom is -0.350 e. The third-order valence-corrected chi connectivity index (χ3v) is 5.80. The topological polar surface area (TPSA) is 35.6 Å². The molecule has 0 fully saturated rings. The number of thioether (sulfide) groups is 1. The van der Waals surface area contributed by atoms with E-state index in [1.54, 1.807) is 11.3 Å². The number of benzene rings is 1. The Morgan fingerprint density at radius 3 is 2.91 bits per heavy atom. The van der Waals surface area contributed by atoms with E-state index in [4.69, 9.17) is 0 Å². The van der Waals surface area contributed by atoms with Crippen LogP contribution in [0.15, 0.2) is 41.3 Å². The highest BCUT2D eigenvalue weighted by Gasteiger charge is 2.20. The van der Waals surface area contributed by atoms with Crippen molar-refractivity contribution in [2.45, 2.75) is 4.90 Å². The predicted molar refractivity (Wildman–Crippen MR) is 99.4 cm³/mol. The Hall–Kier alpha value is -1.50. The number of amides is 1. The number of para-hydroxylation sites is 1. The van der Waals surface area contributed by atoms with Gasteiger partial charge in [-0.3, -0.25) is 4.79 Å². The summed E-state index contributed by atoms with van der Waals surface area (Å²) in [5.41, 5.74) is 1.24. The zero-order chi connectivity index (χ0) is 16.2. The predicted octanol–water partition coefficient (Wildman–Crippen LogP) is 3.28. The molecule has 0 saturated heterocycles. The van der Waals surface area contributed by atoms with Gasteiger partial charge in [-0.05, 0) is 38.4 Å². The zero-order valence-electron chi connectivity index (χ0n) is 13.4. The average Bonchev–Trinajstić information content (AvgIpc) is 3.04. The number of rotatable bonds is 5. The average molecular weight is 348 g/mol. The molecule has 122 valence electrons. The monoisotopic (exact) mass is 347 g/mol. The van der Waals surface area contributed by atoms with Gasteiger partial charge >= 0.3 is 0 Å². The van der Waals surface area contributed by atoms with Crippen LogP contribution in [-0.4, -0.2) is 50.3 Å². The number of thiophene rings is 1. The van der Waals surface area contributed by atoms with Crippen LogP contribution in [-0.2, 0) is 0 Å². The van der Waals surface area contributed by atoms with E-state index in [2.05, 4.69) is 45.4 Å². The number of carbonyl (C=O) groups is 1. The first-order chi connectivity index (χ1) is 11.1. The number of fused-ring (bicyclic) bond motifs is 1. The summed E-state index contributed by atoms with van der Waals surface area (Å²) >= 11 is 3.45. The summed E-state index contributed by atoms with van der Waals surface area (Å²) in [5, 5.41) is 4.11. The van der Waals surface area contributed by atoms with Gasteiger partial charge in [0.25, 0.3) is 5.91 Å². The molecule has 0 saturated carbocycles. The lowest BCUT2D eigenvalue weighted by Crippen LogP contribution is -2.30. The third-order valence-electron chi connectivity index (χ3n) is 3.65. The maximum Gasteiger partial charge on any atom is 0.261 e. The Kier molecular flexibility index (Phi) is 5.25. The van der Waals surface area contributed by atoms with Gasteiger partial charge in [0, 0.05) is 30.3 Å². The van der Waals surface area contributed by atoms with E-state index in [9.17, 15) is 4.79 Å². The summed E-state index contributed by atoms with van der Waals surface area (Å²) in [6, 6.07) is 12.4. The van der Waals surface area contributed by atoms with Gasteiger partial charge in [-0.1, -0.05) is 12.1 Å². The molecule has 3 rings (SSSR count). The molecule has 1 amide bonds. The van der Waals surface area contributed by atoms with Crippen molar-refractivity contribution in [2.75, 3.05) is 44.4 Å². The first kappa shape index (κ1) is 16.4. The molecule has 23 heavy (non-hydrogen) atoms. The number of anilines is 2. The van der Waals surface area contributed by atoms with Crippen molar-refractivity contribution in [3.8, 4) is 0 Å². The maximum absolute atomic E-state index is 12.2. The molecule has 0 radical (unpaired) electrons. The summed E-state index contributed by atoms with van der Waals surface area (Å²) in [6.45, 7) is 2.49. The Bertz CT molecular complexity index is 684. The summed E-state index contributed by atoms with van der Waals surface area (Å²) in [5.74, 6) is 1.09. The van der Waals surface area contributed by atoms with E-state index in [1.807, 2.05) is 31.9 Å². The van der Waals surface area contributed by atoms with E-state index in [0.717, 1.165) is 28.7 Å². The van der Waals surface area contributed by atoms with Crippen molar-refractivity contribution in [1.29, 1.82) is 0 Å². The largest absolute Gasteiger partial charge is 0.350 e. The van der Waals surface area contributed by atoms with Crippen molar-refractivity contribution in [3.63, 3.8) is 0 Å². The molecule has 1 aliphatic rings. The molecule has 1 aromatic carbocycles. The van der Waals surface area contributed by atoms with Crippen LogP contribution in [0.1, 0.15) is 9.67 Å². The van der Waals surface area contributed by atoms with Crippen LogP contribution in [0.2, 0.25) is 0 Å². The standard InChI is InChI=1S/C17H21N3OS2/c1-19(2)10-9-18-17(21)15-7-8-16(23-15)20-11-12-22-14-6-4-3-5-13(14)20/h3-8H,9-12H2,1-2H3,(H,18,21). The number of likely N-dealkylation sites (N-methyl/N-ethyl adjacent to an activating group) is 1. The molecular weight excluding hydrogens is 326 g/mol. The minimum atomic E-state index is 0.0165. The first-order valence-electron chi connectivity index (χ1n) is 7.67. The van der Waals surface area contributed by atoms with Crippen molar-refractivity contribution in [2.24, 2.45) is 0 Å². The van der Waals surface area contributed by atoms with Crippen LogP contribution in [0.5, 0.6) is 0 Å². The number of hydrogen-bond acceptors (Lipinski definition) is 5. The molecular formula is C17H21N3OS2. The fourth-order valence-corrected chi connectivity index (χ4v) is 4.43. The van der Waals surface area contributed by atoms with E-state index in [-0.39, 0.29) is 5.91 Å². The Balaban J connectivity index is 1.71. The molecule has 0 aliphatic carbocycles. The SMILES string of the molecule is CN(C)CCNC(=O)c1ccc(N2CCSc3ccccc32)s1. The van der Waals surface area contributed by atoms with Crippen LogP contribution in [0.25, 0.3) is 0 Å². The van der Waals surface area contributed by atoms with Crippen molar-refractivity contribution >= 4 is 39.7 Å². The first-order valence-corrected chi connectivity index (χ1v) is 9.47. The van der Waals surface area contributed by atoms with Crippen molar-refractivity contribution < 1.29 is 4.79 Å². The lowest BCUT2D eigenvalue weighted by atomic mass is 10.3. The number of nitrogens with one attached hydrogen (secondary N) is 1. The molecule has 0 spiro atoms. The highest BCUT2D eigenvalue weighted by atomic mass is 32.2. The second-order valence-electron chi connectivity index (χ2n) is 5.66. The summed E-state index contributed by atoms with van der Waals surface area (Å²) in [7, 11) is 4.00. The van der Waals surface area contributed by atoms with Gasteiger partial charge in [-0.15, -0.1) is 23.1 Å². The van der Waals surface area contributed by atoms with Crippen LogP contribution in [0.3, 0.4) is 0 Å². The fourth-order valence-electron chi connectivity index (χ4n) is 2.47. The zero-order valence-corrected chi connectivity index (χ0v) is 15.0. The number of hydrogen-bond donors (Lipinski definition) is 1. The normalized spacial score (nSPS) is 14.0. The van der Waals surface area contributed by atoms with Crippen LogP contribution in [0, 0.1) is 0 Å². The molecule has 1 aromatic heterocycles. The Labute approximate surface area is 145 Å². The van der Waals surface area contributed by atoms with Gasteiger partial charge < -0.3 is 15.1 Å². The lowest BCUT2D eigenvalue weighted by molar-refractivity contribution is 0.0955. The quantitative estimate of drug-likeness (QED) is 0.900. The Morgan fingerprint density at radius 1 is 1.26 bits per heavy atom. The van der Waals surface area contributed by atoms with E-state index in [1.165, 1.54) is 10.6 Å². The van der Waals surface area contributed by atoms with Crippen LogP contribution in [0.4, 0.5) is 10.7 Å². The summed E-state index contributed by atoms with van der Waals surface area (Å²) in [4.78, 5) is 18.7. The minimum absolute atomic E-state index is 0.0165. The third kappa shape index (κ3) is 3.88. The van der Waals surface area contributed by atoms with Gasteiger partial charge in [0.05, 0.1) is 15.6 Å². The van der Waals surface area contributed by atoms with E-state index in [0.29, 0.717) is 6.54 Å². The van der Waals surface area contributed by atoms with Gasteiger partial charge in [0.15, 0.2) is 0 Å². The smallest absolute Gasteiger partial charge is 0.261 e. The highest BCUT2D eigenvalue weighted by molar-refractivity contribution is 7.99. The van der Waals surface area contributed by atoms with E-state index < -0.39 is 0 Å². The van der Waals surface area contributed by atoms with Gasteiger partial charge in [0.1, 0.15) is 0 Å². The summed E-state index contributed by atoms with van der Waals surface area (Å²) < 4.78 is 0. The molecule has 2 aromatic rings.